The fourth-order valence-electron chi connectivity index (χ4n) is 3.20. The summed E-state index contributed by atoms with van der Waals surface area (Å²) in [6.07, 6.45) is -0.222. The van der Waals surface area contributed by atoms with Crippen molar-refractivity contribution in [3.8, 4) is 0 Å². The minimum atomic E-state index is -1.12. The molecule has 0 spiro atoms. The molecule has 0 aliphatic carbocycles. The van der Waals surface area contributed by atoms with Crippen LogP contribution in [0.5, 0.6) is 0 Å². The van der Waals surface area contributed by atoms with E-state index in [-0.39, 0.29) is 6.54 Å². The van der Waals surface area contributed by atoms with Crippen LogP contribution in [0.1, 0.15) is 37.9 Å². The standard InChI is InChI=1S/C21H21ClF2N2O3/c1-21(2,3)29-20(28)26-10-9-12-11-13(22)7-8-14(12)18(26)19(27)25-17-15(23)5-4-6-16(17)24/h4-8,11,18H,9-10H2,1-3H3,(H,25,27). The van der Waals surface area contributed by atoms with Crippen LogP contribution in [-0.2, 0) is 16.0 Å². The summed E-state index contributed by atoms with van der Waals surface area (Å²) in [6, 6.07) is 7.11. The number of carbonyl (C=O) groups excluding carboxylic acids is 2. The maximum Gasteiger partial charge on any atom is 0.411 e. The number of anilines is 1. The molecule has 1 N–H and O–H groups in total. The van der Waals surface area contributed by atoms with Gasteiger partial charge in [-0.15, -0.1) is 0 Å². The second-order valence-corrected chi connectivity index (χ2v) is 8.19. The first-order chi connectivity index (χ1) is 13.6. The van der Waals surface area contributed by atoms with Crippen molar-refractivity contribution < 1.29 is 23.1 Å². The Morgan fingerprint density at radius 1 is 1.17 bits per heavy atom. The van der Waals surface area contributed by atoms with Crippen LogP contribution in [0.4, 0.5) is 19.3 Å². The Labute approximate surface area is 172 Å². The summed E-state index contributed by atoms with van der Waals surface area (Å²) < 4.78 is 33.5. The van der Waals surface area contributed by atoms with Gasteiger partial charge in [-0.25, -0.2) is 13.6 Å². The average molecular weight is 423 g/mol. The SMILES string of the molecule is CC(C)(C)OC(=O)N1CCc2cc(Cl)ccc2C1C(=O)Nc1c(F)cccc1F. The van der Waals surface area contributed by atoms with E-state index in [4.69, 9.17) is 16.3 Å². The first kappa shape index (κ1) is 21.0. The fraction of sp³-hybridized carbons (Fsp3) is 0.333. The van der Waals surface area contributed by atoms with E-state index in [9.17, 15) is 18.4 Å². The number of carbonyl (C=O) groups is 2. The third-order valence-electron chi connectivity index (χ3n) is 4.42. The lowest BCUT2D eigenvalue weighted by atomic mass is 9.92. The van der Waals surface area contributed by atoms with Crippen molar-refractivity contribution in [2.24, 2.45) is 0 Å². The van der Waals surface area contributed by atoms with Gasteiger partial charge in [0.25, 0.3) is 5.91 Å². The topological polar surface area (TPSA) is 58.6 Å². The monoisotopic (exact) mass is 422 g/mol. The van der Waals surface area contributed by atoms with Gasteiger partial charge in [-0.1, -0.05) is 23.7 Å². The van der Waals surface area contributed by atoms with Crippen LogP contribution in [0, 0.1) is 11.6 Å². The van der Waals surface area contributed by atoms with Gasteiger partial charge in [-0.3, -0.25) is 9.69 Å². The molecule has 1 aliphatic rings. The Balaban J connectivity index is 1.99. The molecule has 0 radical (unpaired) electrons. The Morgan fingerprint density at radius 2 is 1.83 bits per heavy atom. The van der Waals surface area contributed by atoms with Crippen LogP contribution in [0.25, 0.3) is 0 Å². The molecule has 0 aromatic heterocycles. The second kappa shape index (κ2) is 7.99. The van der Waals surface area contributed by atoms with Crippen molar-refractivity contribution in [2.45, 2.75) is 38.8 Å². The minimum absolute atomic E-state index is 0.195. The first-order valence-corrected chi connectivity index (χ1v) is 9.47. The van der Waals surface area contributed by atoms with E-state index in [1.165, 1.54) is 11.0 Å². The first-order valence-electron chi connectivity index (χ1n) is 9.09. The molecule has 5 nitrogen and oxygen atoms in total. The lowest BCUT2D eigenvalue weighted by Crippen LogP contribution is -2.47. The zero-order chi connectivity index (χ0) is 21.3. The van der Waals surface area contributed by atoms with Gasteiger partial charge in [0.15, 0.2) is 0 Å². The molecule has 2 aromatic carbocycles. The van der Waals surface area contributed by atoms with Gasteiger partial charge < -0.3 is 10.1 Å². The Bertz CT molecular complexity index is 939. The number of hydrogen-bond acceptors (Lipinski definition) is 3. The smallest absolute Gasteiger partial charge is 0.411 e. The third-order valence-corrected chi connectivity index (χ3v) is 4.66. The van der Waals surface area contributed by atoms with Crippen LogP contribution < -0.4 is 5.32 Å². The van der Waals surface area contributed by atoms with Gasteiger partial charge in [-0.05, 0) is 62.6 Å². The van der Waals surface area contributed by atoms with Crippen molar-refractivity contribution in [1.29, 1.82) is 0 Å². The van der Waals surface area contributed by atoms with E-state index in [0.717, 1.165) is 17.7 Å². The third kappa shape index (κ3) is 4.67. The molecule has 1 unspecified atom stereocenters. The van der Waals surface area contributed by atoms with Crippen LogP contribution in [0.3, 0.4) is 0 Å². The molecule has 0 fully saturated rings. The van der Waals surface area contributed by atoms with Gasteiger partial charge in [0.2, 0.25) is 0 Å². The summed E-state index contributed by atoms with van der Waals surface area (Å²) in [5.74, 6) is -2.56. The largest absolute Gasteiger partial charge is 0.444 e. The van der Waals surface area contributed by atoms with Gasteiger partial charge in [0.1, 0.15) is 29.0 Å². The molecule has 0 saturated heterocycles. The lowest BCUT2D eigenvalue weighted by molar-refractivity contribution is -0.122. The number of ether oxygens (including phenoxy) is 1. The maximum atomic E-state index is 14.0. The van der Waals surface area contributed by atoms with E-state index in [0.29, 0.717) is 17.0 Å². The summed E-state index contributed by atoms with van der Waals surface area (Å²) in [5.41, 5.74) is -0.0225. The normalized spacial score (nSPS) is 16.2. The number of benzene rings is 2. The molecule has 29 heavy (non-hydrogen) atoms. The van der Waals surface area contributed by atoms with Crippen molar-refractivity contribution in [3.63, 3.8) is 0 Å². The molecule has 1 aliphatic heterocycles. The van der Waals surface area contributed by atoms with Gasteiger partial charge >= 0.3 is 6.09 Å². The number of nitrogens with zero attached hydrogens (tertiary/aromatic N) is 1. The minimum Gasteiger partial charge on any atom is -0.444 e. The molecule has 3 rings (SSSR count). The molecule has 2 aromatic rings. The van der Waals surface area contributed by atoms with E-state index >= 15 is 0 Å². The zero-order valence-corrected chi connectivity index (χ0v) is 17.0. The van der Waals surface area contributed by atoms with Crippen molar-refractivity contribution in [2.75, 3.05) is 11.9 Å². The summed E-state index contributed by atoms with van der Waals surface area (Å²) in [5, 5.41) is 2.77. The summed E-state index contributed by atoms with van der Waals surface area (Å²) in [4.78, 5) is 27.1. The van der Waals surface area contributed by atoms with Crippen molar-refractivity contribution >= 4 is 29.3 Å². The number of para-hydroxylation sites is 1. The Hall–Kier alpha value is -2.67. The quantitative estimate of drug-likeness (QED) is 0.733. The van der Waals surface area contributed by atoms with Crippen molar-refractivity contribution in [3.05, 3.63) is 64.2 Å². The van der Waals surface area contributed by atoms with Gasteiger partial charge in [0.05, 0.1) is 0 Å². The number of nitrogens with one attached hydrogen (secondary N) is 1. The second-order valence-electron chi connectivity index (χ2n) is 7.76. The van der Waals surface area contributed by atoms with Crippen LogP contribution >= 0.6 is 11.6 Å². The molecular formula is C21H21ClF2N2O3. The molecule has 8 heteroatoms. The fourth-order valence-corrected chi connectivity index (χ4v) is 3.40. The average Bonchev–Trinajstić information content (AvgIpc) is 2.62. The van der Waals surface area contributed by atoms with Crippen LogP contribution in [-0.4, -0.2) is 29.0 Å². The predicted octanol–water partition coefficient (Wildman–Crippen LogP) is 5.09. The number of amides is 2. The van der Waals surface area contributed by atoms with E-state index in [1.807, 2.05) is 0 Å². The van der Waals surface area contributed by atoms with Crippen molar-refractivity contribution in [1.82, 2.24) is 4.90 Å². The summed E-state index contributed by atoms with van der Waals surface area (Å²) >= 11 is 6.06. The highest BCUT2D eigenvalue weighted by Crippen LogP contribution is 2.34. The number of halogens is 3. The molecule has 0 bridgehead atoms. The van der Waals surface area contributed by atoms with Gasteiger partial charge in [-0.2, -0.15) is 0 Å². The van der Waals surface area contributed by atoms with Gasteiger partial charge in [0, 0.05) is 11.6 Å². The number of fused-ring (bicyclic) bond motifs is 1. The van der Waals surface area contributed by atoms with E-state index in [1.54, 1.807) is 39.0 Å². The molecule has 2 amide bonds. The summed E-state index contributed by atoms with van der Waals surface area (Å²) in [7, 11) is 0. The number of rotatable bonds is 2. The molecule has 154 valence electrons. The lowest BCUT2D eigenvalue weighted by Gasteiger charge is -2.37. The zero-order valence-electron chi connectivity index (χ0n) is 16.3. The Kier molecular flexibility index (Phi) is 5.80. The molecule has 1 atom stereocenters. The molecule has 0 saturated carbocycles. The maximum absolute atomic E-state index is 14.0. The molecular weight excluding hydrogens is 402 g/mol. The van der Waals surface area contributed by atoms with E-state index < -0.39 is 41.0 Å². The molecule has 1 heterocycles. The highest BCUT2D eigenvalue weighted by atomic mass is 35.5. The highest BCUT2D eigenvalue weighted by molar-refractivity contribution is 6.30. The highest BCUT2D eigenvalue weighted by Gasteiger charge is 2.38. The van der Waals surface area contributed by atoms with E-state index in [2.05, 4.69) is 5.32 Å². The summed E-state index contributed by atoms with van der Waals surface area (Å²) in [6.45, 7) is 5.34. The predicted molar refractivity (Wildman–Crippen MR) is 106 cm³/mol. The number of hydrogen-bond donors (Lipinski definition) is 1. The van der Waals surface area contributed by atoms with Crippen LogP contribution in [0.2, 0.25) is 5.02 Å². The Morgan fingerprint density at radius 3 is 2.45 bits per heavy atom. The van der Waals surface area contributed by atoms with Crippen LogP contribution in [0.15, 0.2) is 36.4 Å².